The third-order valence-electron chi connectivity index (χ3n) is 4.41. The van der Waals surface area contributed by atoms with Crippen LogP contribution in [-0.2, 0) is 10.2 Å². The summed E-state index contributed by atoms with van der Waals surface area (Å²) < 4.78 is 45.9. The van der Waals surface area contributed by atoms with Gasteiger partial charge in [-0.3, -0.25) is 0 Å². The van der Waals surface area contributed by atoms with E-state index in [1.165, 1.54) is 17.7 Å². The van der Waals surface area contributed by atoms with Crippen LogP contribution in [0.1, 0.15) is 18.4 Å². The van der Waals surface area contributed by atoms with Crippen molar-refractivity contribution >= 4 is 5.82 Å². The molecule has 7 heteroatoms. The Kier molecular flexibility index (Phi) is 5.13. The molecule has 0 unspecified atom stereocenters. The van der Waals surface area contributed by atoms with Gasteiger partial charge in [-0.25, -0.2) is 4.98 Å². The first-order valence-electron chi connectivity index (χ1n) is 8.06. The minimum absolute atomic E-state index is 0.0810. The summed E-state index contributed by atoms with van der Waals surface area (Å²) in [6.45, 7) is 2.00. The average molecular weight is 352 g/mol. The summed E-state index contributed by atoms with van der Waals surface area (Å²) >= 11 is 0. The maximum absolute atomic E-state index is 12.2. The van der Waals surface area contributed by atoms with E-state index >= 15 is 0 Å². The van der Waals surface area contributed by atoms with E-state index in [4.69, 9.17) is 4.74 Å². The van der Waals surface area contributed by atoms with E-state index in [1.54, 1.807) is 0 Å². The van der Waals surface area contributed by atoms with Crippen LogP contribution in [0.4, 0.5) is 19.0 Å². The second kappa shape index (κ2) is 7.31. The van der Waals surface area contributed by atoms with Crippen LogP contribution in [0.2, 0.25) is 0 Å². The first kappa shape index (κ1) is 17.5. The van der Waals surface area contributed by atoms with Gasteiger partial charge in [0.1, 0.15) is 11.6 Å². The lowest BCUT2D eigenvalue weighted by Gasteiger charge is -2.38. The van der Waals surface area contributed by atoms with Gasteiger partial charge in [0.2, 0.25) is 0 Å². The van der Waals surface area contributed by atoms with E-state index in [9.17, 15) is 13.2 Å². The van der Waals surface area contributed by atoms with Crippen molar-refractivity contribution in [1.82, 2.24) is 4.98 Å². The van der Waals surface area contributed by atoms with Crippen LogP contribution < -0.4 is 10.1 Å². The molecule has 1 N–H and O–H groups in total. The van der Waals surface area contributed by atoms with Crippen molar-refractivity contribution in [3.63, 3.8) is 0 Å². The molecule has 1 aromatic carbocycles. The molecular weight excluding hydrogens is 333 g/mol. The quantitative estimate of drug-likeness (QED) is 0.878. The minimum Gasteiger partial charge on any atom is -0.404 e. The maximum Gasteiger partial charge on any atom is 0.573 e. The van der Waals surface area contributed by atoms with E-state index in [1.807, 2.05) is 18.2 Å². The Morgan fingerprint density at radius 3 is 2.40 bits per heavy atom. The lowest BCUT2D eigenvalue weighted by atomic mass is 9.74. The van der Waals surface area contributed by atoms with E-state index in [0.717, 1.165) is 19.0 Å². The van der Waals surface area contributed by atoms with Crippen LogP contribution in [0.15, 0.2) is 48.7 Å². The molecule has 25 heavy (non-hydrogen) atoms. The number of ether oxygens (including phenoxy) is 2. The normalized spacial score (nSPS) is 17.1. The van der Waals surface area contributed by atoms with Crippen LogP contribution in [-0.4, -0.2) is 31.1 Å². The molecule has 1 fully saturated rings. The van der Waals surface area contributed by atoms with Gasteiger partial charge in [-0.1, -0.05) is 30.3 Å². The molecule has 0 saturated carbocycles. The van der Waals surface area contributed by atoms with Crippen LogP contribution in [0.3, 0.4) is 0 Å². The van der Waals surface area contributed by atoms with Gasteiger partial charge < -0.3 is 14.8 Å². The topological polar surface area (TPSA) is 43.4 Å². The van der Waals surface area contributed by atoms with E-state index in [2.05, 4.69) is 27.2 Å². The lowest BCUT2D eigenvalue weighted by Crippen LogP contribution is -2.40. The van der Waals surface area contributed by atoms with Gasteiger partial charge in [-0.2, -0.15) is 0 Å². The van der Waals surface area contributed by atoms with Crippen LogP contribution in [0.5, 0.6) is 5.75 Å². The number of anilines is 1. The van der Waals surface area contributed by atoms with E-state index < -0.39 is 6.36 Å². The Labute approximate surface area is 144 Å². The molecule has 2 aromatic rings. The van der Waals surface area contributed by atoms with Crippen LogP contribution in [0.25, 0.3) is 0 Å². The number of benzene rings is 1. The Balaban J connectivity index is 1.69. The summed E-state index contributed by atoms with van der Waals surface area (Å²) in [6.07, 6.45) is -1.90. The van der Waals surface area contributed by atoms with Gasteiger partial charge in [0.15, 0.2) is 0 Å². The second-order valence-electron chi connectivity index (χ2n) is 6.04. The highest BCUT2D eigenvalue weighted by molar-refractivity contribution is 5.39. The van der Waals surface area contributed by atoms with Gasteiger partial charge in [0.25, 0.3) is 0 Å². The highest BCUT2D eigenvalue weighted by atomic mass is 19.4. The van der Waals surface area contributed by atoms with Gasteiger partial charge in [-0.05, 0) is 30.5 Å². The van der Waals surface area contributed by atoms with Gasteiger partial charge in [0.05, 0.1) is 6.20 Å². The van der Waals surface area contributed by atoms with Gasteiger partial charge in [-0.15, -0.1) is 13.2 Å². The van der Waals surface area contributed by atoms with Crippen molar-refractivity contribution in [1.29, 1.82) is 0 Å². The number of alkyl halides is 3. The molecule has 1 aromatic heterocycles. The standard InChI is InChI=1S/C18H19F3N2O2/c19-18(20,21)25-15-6-7-16(22-12-15)23-13-17(8-10-24-11-9-17)14-4-2-1-3-5-14/h1-7,12H,8-11,13H2,(H,22,23). The maximum atomic E-state index is 12.2. The van der Waals surface area contributed by atoms with Crippen LogP contribution in [0, 0.1) is 0 Å². The fourth-order valence-corrected chi connectivity index (χ4v) is 3.06. The molecule has 1 aliphatic heterocycles. The van der Waals surface area contributed by atoms with Crippen molar-refractivity contribution in [3.05, 3.63) is 54.2 Å². The van der Waals surface area contributed by atoms with Crippen molar-refractivity contribution < 1.29 is 22.6 Å². The monoisotopic (exact) mass is 352 g/mol. The first-order valence-corrected chi connectivity index (χ1v) is 8.06. The number of rotatable bonds is 5. The third-order valence-corrected chi connectivity index (χ3v) is 4.41. The molecule has 1 saturated heterocycles. The molecule has 0 spiro atoms. The van der Waals surface area contributed by atoms with Crippen molar-refractivity contribution in [2.75, 3.05) is 25.1 Å². The predicted octanol–water partition coefficient (Wildman–Crippen LogP) is 4.14. The third kappa shape index (κ3) is 4.63. The highest BCUT2D eigenvalue weighted by Crippen LogP contribution is 2.35. The summed E-state index contributed by atoms with van der Waals surface area (Å²) in [5.74, 6) is 0.179. The number of nitrogens with one attached hydrogen (secondary N) is 1. The number of pyridine rings is 1. The molecule has 0 atom stereocenters. The summed E-state index contributed by atoms with van der Waals surface area (Å²) in [5.41, 5.74) is 1.14. The zero-order valence-corrected chi connectivity index (χ0v) is 13.6. The molecule has 0 aliphatic carbocycles. The Bertz CT molecular complexity index is 669. The fourth-order valence-electron chi connectivity index (χ4n) is 3.06. The second-order valence-corrected chi connectivity index (χ2v) is 6.04. The zero-order valence-electron chi connectivity index (χ0n) is 13.6. The summed E-state index contributed by atoms with van der Waals surface area (Å²) in [5, 5.41) is 3.24. The summed E-state index contributed by atoms with van der Waals surface area (Å²) in [4.78, 5) is 4.00. The number of aromatic nitrogens is 1. The Morgan fingerprint density at radius 1 is 1.08 bits per heavy atom. The molecule has 0 radical (unpaired) electrons. The molecule has 0 amide bonds. The van der Waals surface area contributed by atoms with E-state index in [-0.39, 0.29) is 11.2 Å². The Hall–Kier alpha value is -2.28. The Morgan fingerprint density at radius 2 is 1.80 bits per heavy atom. The summed E-state index contributed by atoms with van der Waals surface area (Å²) in [7, 11) is 0. The minimum atomic E-state index is -4.71. The lowest BCUT2D eigenvalue weighted by molar-refractivity contribution is -0.274. The molecule has 4 nitrogen and oxygen atoms in total. The molecule has 134 valence electrons. The first-order chi connectivity index (χ1) is 12.0. The number of hydrogen-bond donors (Lipinski definition) is 1. The molecule has 0 bridgehead atoms. The molecule has 3 rings (SSSR count). The van der Waals surface area contributed by atoms with Crippen molar-refractivity contribution in [2.24, 2.45) is 0 Å². The predicted molar refractivity (Wildman–Crippen MR) is 87.6 cm³/mol. The van der Waals surface area contributed by atoms with Crippen molar-refractivity contribution in [2.45, 2.75) is 24.6 Å². The molecular formula is C18H19F3N2O2. The van der Waals surface area contributed by atoms with Gasteiger partial charge >= 0.3 is 6.36 Å². The summed E-state index contributed by atoms with van der Waals surface area (Å²) in [6, 6.07) is 12.9. The number of nitrogens with zero attached hydrogens (tertiary/aromatic N) is 1. The molecule has 1 aliphatic rings. The SMILES string of the molecule is FC(F)(F)Oc1ccc(NCC2(c3ccccc3)CCOCC2)nc1. The zero-order chi connectivity index (χ0) is 17.8. The largest absolute Gasteiger partial charge is 0.573 e. The number of hydrogen-bond acceptors (Lipinski definition) is 4. The smallest absolute Gasteiger partial charge is 0.404 e. The fraction of sp³-hybridized carbons (Fsp3) is 0.389. The number of halogens is 3. The molecule has 2 heterocycles. The van der Waals surface area contributed by atoms with Gasteiger partial charge in [0, 0.05) is 25.2 Å². The average Bonchev–Trinajstić information content (AvgIpc) is 2.61. The van der Waals surface area contributed by atoms with E-state index in [0.29, 0.717) is 25.6 Å². The highest BCUT2D eigenvalue weighted by Gasteiger charge is 2.34. The van der Waals surface area contributed by atoms with Crippen LogP contribution >= 0.6 is 0 Å². The van der Waals surface area contributed by atoms with Crippen molar-refractivity contribution in [3.8, 4) is 5.75 Å².